The molecule has 4 rings (SSSR count). The molecule has 4 nitrogen and oxygen atoms in total. The normalized spacial score (nSPS) is 16.8. The van der Waals surface area contributed by atoms with Crippen molar-refractivity contribution >= 4 is 23.2 Å². The van der Waals surface area contributed by atoms with Gasteiger partial charge in [-0.1, -0.05) is 18.2 Å². The number of aryl methyl sites for hydroxylation is 1. The van der Waals surface area contributed by atoms with Gasteiger partial charge in [0.1, 0.15) is 0 Å². The van der Waals surface area contributed by atoms with E-state index in [0.717, 1.165) is 25.1 Å². The average molecular weight is 292 g/mol. The second-order valence-corrected chi connectivity index (χ2v) is 5.83. The average Bonchev–Trinajstić information content (AvgIpc) is 2.80. The van der Waals surface area contributed by atoms with Crippen molar-refractivity contribution in [2.45, 2.75) is 12.8 Å². The van der Waals surface area contributed by atoms with Crippen molar-refractivity contribution in [3.63, 3.8) is 0 Å². The van der Waals surface area contributed by atoms with Gasteiger partial charge < -0.3 is 4.90 Å². The predicted octanol–water partition coefficient (Wildman–Crippen LogP) is 2.87. The Kier molecular flexibility index (Phi) is 2.79. The molecule has 0 saturated heterocycles. The molecular formula is C18H16N2O2. The molecule has 0 saturated carbocycles. The Morgan fingerprint density at radius 2 is 1.64 bits per heavy atom. The number of nitrogens with zero attached hydrogens (tertiary/aromatic N) is 2. The van der Waals surface area contributed by atoms with E-state index in [1.807, 2.05) is 25.2 Å². The first-order valence-corrected chi connectivity index (χ1v) is 7.49. The molecule has 0 unspecified atom stereocenters. The maximum atomic E-state index is 12.5. The fourth-order valence-corrected chi connectivity index (χ4v) is 3.31. The summed E-state index contributed by atoms with van der Waals surface area (Å²) < 4.78 is 0. The largest absolute Gasteiger partial charge is 0.374 e. The van der Waals surface area contributed by atoms with Crippen LogP contribution < -0.4 is 9.80 Å². The van der Waals surface area contributed by atoms with Crippen molar-refractivity contribution in [3.05, 3.63) is 59.2 Å². The number of benzene rings is 2. The van der Waals surface area contributed by atoms with Crippen molar-refractivity contribution < 1.29 is 9.59 Å². The number of carbonyl (C=O) groups is 2. The molecule has 0 fully saturated rings. The highest BCUT2D eigenvalue weighted by Crippen LogP contribution is 2.34. The lowest BCUT2D eigenvalue weighted by atomic mass is 10.0. The molecule has 2 aromatic carbocycles. The molecule has 4 heteroatoms. The van der Waals surface area contributed by atoms with E-state index in [-0.39, 0.29) is 11.8 Å². The molecule has 0 bridgehead atoms. The fraction of sp³-hybridized carbons (Fsp3) is 0.222. The Labute approximate surface area is 129 Å². The number of carbonyl (C=O) groups excluding carboxylic acids is 2. The minimum Gasteiger partial charge on any atom is -0.374 e. The molecule has 2 heterocycles. The minimum atomic E-state index is -0.237. The third-order valence-electron chi connectivity index (χ3n) is 4.47. The van der Waals surface area contributed by atoms with Crippen molar-refractivity contribution in [2.24, 2.45) is 0 Å². The molecule has 0 aromatic heterocycles. The Morgan fingerprint density at radius 3 is 2.32 bits per heavy atom. The molecule has 2 amide bonds. The van der Waals surface area contributed by atoms with E-state index in [1.165, 1.54) is 10.5 Å². The number of fused-ring (bicyclic) bond motifs is 2. The summed E-state index contributed by atoms with van der Waals surface area (Å²) in [5.74, 6) is -0.474. The SMILES string of the molecule is CN1CCCc2ccc(N3C(=O)c4ccccc4C3=O)cc21. The van der Waals surface area contributed by atoms with Gasteiger partial charge in [-0.05, 0) is 42.7 Å². The summed E-state index contributed by atoms with van der Waals surface area (Å²) in [5, 5.41) is 0. The van der Waals surface area contributed by atoms with Crippen LogP contribution in [-0.2, 0) is 6.42 Å². The summed E-state index contributed by atoms with van der Waals surface area (Å²) in [5.41, 5.74) is 4.00. The van der Waals surface area contributed by atoms with Crippen LogP contribution in [0.5, 0.6) is 0 Å². The Morgan fingerprint density at radius 1 is 0.955 bits per heavy atom. The summed E-state index contributed by atoms with van der Waals surface area (Å²) in [6, 6.07) is 12.8. The van der Waals surface area contributed by atoms with Crippen LogP contribution in [0.15, 0.2) is 42.5 Å². The zero-order chi connectivity index (χ0) is 15.3. The first-order chi connectivity index (χ1) is 10.7. The highest BCUT2D eigenvalue weighted by Gasteiger charge is 2.36. The van der Waals surface area contributed by atoms with Crippen LogP contribution in [0.25, 0.3) is 0 Å². The molecule has 110 valence electrons. The summed E-state index contributed by atoms with van der Waals surface area (Å²) in [4.78, 5) is 28.6. The second-order valence-electron chi connectivity index (χ2n) is 5.83. The van der Waals surface area contributed by atoms with Gasteiger partial charge in [0.05, 0.1) is 16.8 Å². The van der Waals surface area contributed by atoms with Gasteiger partial charge in [0.15, 0.2) is 0 Å². The van der Waals surface area contributed by atoms with Gasteiger partial charge in [-0.2, -0.15) is 0 Å². The van der Waals surface area contributed by atoms with Crippen LogP contribution in [0.4, 0.5) is 11.4 Å². The topological polar surface area (TPSA) is 40.6 Å². The maximum Gasteiger partial charge on any atom is 0.266 e. The lowest BCUT2D eigenvalue weighted by molar-refractivity contribution is 0.0926. The van der Waals surface area contributed by atoms with Gasteiger partial charge in [-0.25, -0.2) is 4.90 Å². The zero-order valence-electron chi connectivity index (χ0n) is 12.4. The Balaban J connectivity index is 1.79. The number of rotatable bonds is 1. The van der Waals surface area contributed by atoms with E-state index in [4.69, 9.17) is 0 Å². The number of amides is 2. The van der Waals surface area contributed by atoms with Gasteiger partial charge in [0, 0.05) is 19.3 Å². The molecular weight excluding hydrogens is 276 g/mol. The summed E-state index contributed by atoms with van der Waals surface area (Å²) in [7, 11) is 2.05. The van der Waals surface area contributed by atoms with E-state index >= 15 is 0 Å². The monoisotopic (exact) mass is 292 g/mol. The Bertz CT molecular complexity index is 762. The first kappa shape index (κ1) is 13.1. The number of anilines is 2. The Hall–Kier alpha value is -2.62. The third-order valence-corrected chi connectivity index (χ3v) is 4.47. The van der Waals surface area contributed by atoms with E-state index < -0.39 is 0 Å². The number of imide groups is 1. The molecule has 22 heavy (non-hydrogen) atoms. The predicted molar refractivity (Wildman–Crippen MR) is 85.6 cm³/mol. The van der Waals surface area contributed by atoms with E-state index in [2.05, 4.69) is 4.90 Å². The highest BCUT2D eigenvalue weighted by atomic mass is 16.2. The molecule has 2 aromatic rings. The van der Waals surface area contributed by atoms with Gasteiger partial charge in [0.25, 0.3) is 11.8 Å². The lowest BCUT2D eigenvalue weighted by Crippen LogP contribution is -2.30. The molecule has 0 radical (unpaired) electrons. The van der Waals surface area contributed by atoms with Gasteiger partial charge in [-0.15, -0.1) is 0 Å². The highest BCUT2D eigenvalue weighted by molar-refractivity contribution is 6.34. The molecule has 2 aliphatic heterocycles. The first-order valence-electron chi connectivity index (χ1n) is 7.49. The maximum absolute atomic E-state index is 12.5. The van der Waals surface area contributed by atoms with Gasteiger partial charge in [-0.3, -0.25) is 9.59 Å². The molecule has 0 spiro atoms. The minimum absolute atomic E-state index is 0.237. The van der Waals surface area contributed by atoms with Crippen LogP contribution in [0, 0.1) is 0 Å². The van der Waals surface area contributed by atoms with Crippen molar-refractivity contribution in [1.82, 2.24) is 0 Å². The summed E-state index contributed by atoms with van der Waals surface area (Å²) in [6.07, 6.45) is 2.18. The van der Waals surface area contributed by atoms with Gasteiger partial charge in [0.2, 0.25) is 0 Å². The third kappa shape index (κ3) is 1.77. The quantitative estimate of drug-likeness (QED) is 0.759. The van der Waals surface area contributed by atoms with E-state index in [0.29, 0.717) is 16.8 Å². The fourth-order valence-electron chi connectivity index (χ4n) is 3.31. The van der Waals surface area contributed by atoms with Crippen molar-refractivity contribution in [2.75, 3.05) is 23.4 Å². The summed E-state index contributed by atoms with van der Waals surface area (Å²) in [6.45, 7) is 0.999. The van der Waals surface area contributed by atoms with Crippen molar-refractivity contribution in [1.29, 1.82) is 0 Å². The number of hydrogen-bond acceptors (Lipinski definition) is 3. The lowest BCUT2D eigenvalue weighted by Gasteiger charge is -2.28. The van der Waals surface area contributed by atoms with Crippen LogP contribution in [0.3, 0.4) is 0 Å². The van der Waals surface area contributed by atoms with Crippen LogP contribution in [0.1, 0.15) is 32.7 Å². The summed E-state index contributed by atoms with van der Waals surface area (Å²) >= 11 is 0. The standard InChI is InChI=1S/C18H16N2O2/c1-19-10-4-5-12-8-9-13(11-16(12)19)20-17(21)14-6-2-3-7-15(14)18(20)22/h2-3,6-9,11H,4-5,10H2,1H3. The number of hydrogen-bond donors (Lipinski definition) is 0. The van der Waals surface area contributed by atoms with Gasteiger partial charge >= 0.3 is 0 Å². The smallest absolute Gasteiger partial charge is 0.266 e. The van der Waals surface area contributed by atoms with Crippen LogP contribution >= 0.6 is 0 Å². The van der Waals surface area contributed by atoms with Crippen LogP contribution in [-0.4, -0.2) is 25.4 Å². The van der Waals surface area contributed by atoms with Crippen LogP contribution in [0.2, 0.25) is 0 Å². The molecule has 2 aliphatic rings. The van der Waals surface area contributed by atoms with Crippen molar-refractivity contribution in [3.8, 4) is 0 Å². The van der Waals surface area contributed by atoms with E-state index in [1.54, 1.807) is 24.3 Å². The zero-order valence-corrected chi connectivity index (χ0v) is 12.4. The van der Waals surface area contributed by atoms with E-state index in [9.17, 15) is 9.59 Å². The second kappa shape index (κ2) is 4.70. The molecule has 0 aliphatic carbocycles. The molecule has 0 atom stereocenters. The molecule has 0 N–H and O–H groups in total.